The van der Waals surface area contributed by atoms with Gasteiger partial charge in [0.15, 0.2) is 0 Å². The maximum Gasteiger partial charge on any atom is 0.101 e. The minimum atomic E-state index is 0.441. The normalized spacial score (nSPS) is 17.3. The van der Waals surface area contributed by atoms with Gasteiger partial charge < -0.3 is 5.32 Å². The van der Waals surface area contributed by atoms with Crippen LogP contribution in [0.25, 0.3) is 0 Å². The Bertz CT molecular complexity index is 425. The van der Waals surface area contributed by atoms with Gasteiger partial charge in [-0.1, -0.05) is 19.4 Å². The summed E-state index contributed by atoms with van der Waals surface area (Å²) in [5, 5.41) is 12.4. The SMILES string of the molecule is Cc1ccc(C#N)c(NCC2(C)CCC2)c1. The number of rotatable bonds is 3. The van der Waals surface area contributed by atoms with Gasteiger partial charge in [-0.05, 0) is 42.9 Å². The highest BCUT2D eigenvalue weighted by atomic mass is 14.9. The molecule has 16 heavy (non-hydrogen) atoms. The molecule has 0 amide bonds. The van der Waals surface area contributed by atoms with Gasteiger partial charge in [0.2, 0.25) is 0 Å². The van der Waals surface area contributed by atoms with Crippen LogP contribution >= 0.6 is 0 Å². The van der Waals surface area contributed by atoms with Crippen molar-refractivity contribution in [2.45, 2.75) is 33.1 Å². The summed E-state index contributed by atoms with van der Waals surface area (Å²) in [6.45, 7) is 5.34. The van der Waals surface area contributed by atoms with Crippen molar-refractivity contribution in [2.75, 3.05) is 11.9 Å². The van der Waals surface area contributed by atoms with E-state index in [9.17, 15) is 0 Å². The molecule has 1 aromatic carbocycles. The van der Waals surface area contributed by atoms with Crippen molar-refractivity contribution in [1.29, 1.82) is 5.26 Å². The Morgan fingerprint density at radius 1 is 1.44 bits per heavy atom. The lowest BCUT2D eigenvalue weighted by molar-refractivity contribution is 0.180. The summed E-state index contributed by atoms with van der Waals surface area (Å²) in [6.07, 6.45) is 3.94. The molecule has 1 N–H and O–H groups in total. The van der Waals surface area contributed by atoms with Crippen molar-refractivity contribution >= 4 is 5.69 Å². The summed E-state index contributed by atoms with van der Waals surface area (Å²) in [7, 11) is 0. The average molecular weight is 214 g/mol. The number of benzene rings is 1. The lowest BCUT2D eigenvalue weighted by atomic mass is 9.70. The first-order valence-electron chi connectivity index (χ1n) is 5.88. The Morgan fingerprint density at radius 2 is 2.19 bits per heavy atom. The zero-order chi connectivity index (χ0) is 11.6. The largest absolute Gasteiger partial charge is 0.383 e. The first-order valence-corrected chi connectivity index (χ1v) is 5.88. The van der Waals surface area contributed by atoms with Crippen molar-refractivity contribution in [2.24, 2.45) is 5.41 Å². The highest BCUT2D eigenvalue weighted by Gasteiger charge is 2.31. The van der Waals surface area contributed by atoms with Crippen molar-refractivity contribution in [3.63, 3.8) is 0 Å². The predicted molar refractivity (Wildman–Crippen MR) is 66.3 cm³/mol. The number of nitrogens with zero attached hydrogens (tertiary/aromatic N) is 1. The molecule has 2 nitrogen and oxygen atoms in total. The molecule has 2 rings (SSSR count). The van der Waals surface area contributed by atoms with Crippen LogP contribution in [0.5, 0.6) is 0 Å². The van der Waals surface area contributed by atoms with E-state index in [0.717, 1.165) is 17.8 Å². The summed E-state index contributed by atoms with van der Waals surface area (Å²) in [4.78, 5) is 0. The Hall–Kier alpha value is -1.49. The third kappa shape index (κ3) is 2.19. The van der Waals surface area contributed by atoms with E-state index in [1.54, 1.807) is 0 Å². The number of hydrogen-bond acceptors (Lipinski definition) is 2. The molecule has 1 aromatic rings. The molecule has 0 heterocycles. The molecule has 1 aliphatic rings. The number of nitriles is 1. The molecule has 1 aliphatic carbocycles. The second-order valence-electron chi connectivity index (χ2n) is 5.18. The Balaban J connectivity index is 2.08. The van der Waals surface area contributed by atoms with Crippen LogP contribution in [-0.2, 0) is 0 Å². The van der Waals surface area contributed by atoms with E-state index < -0.39 is 0 Å². The third-order valence-electron chi connectivity index (χ3n) is 3.56. The first-order chi connectivity index (χ1) is 7.63. The van der Waals surface area contributed by atoms with Gasteiger partial charge in [-0.25, -0.2) is 0 Å². The van der Waals surface area contributed by atoms with Crippen molar-refractivity contribution in [3.8, 4) is 6.07 Å². The van der Waals surface area contributed by atoms with Crippen molar-refractivity contribution in [3.05, 3.63) is 29.3 Å². The van der Waals surface area contributed by atoms with Crippen molar-refractivity contribution < 1.29 is 0 Å². The molecule has 0 atom stereocenters. The average Bonchev–Trinajstić information content (AvgIpc) is 2.24. The number of hydrogen-bond donors (Lipinski definition) is 1. The molecule has 2 heteroatoms. The van der Waals surface area contributed by atoms with Gasteiger partial charge in [0.05, 0.1) is 11.3 Å². The van der Waals surface area contributed by atoms with Crippen LogP contribution in [0.4, 0.5) is 5.69 Å². The van der Waals surface area contributed by atoms with Crippen LogP contribution < -0.4 is 5.32 Å². The lowest BCUT2D eigenvalue weighted by Crippen LogP contribution is -2.33. The van der Waals surface area contributed by atoms with Gasteiger partial charge in [0.1, 0.15) is 6.07 Å². The van der Waals surface area contributed by atoms with Crippen LogP contribution in [0.2, 0.25) is 0 Å². The van der Waals surface area contributed by atoms with Crippen LogP contribution in [0, 0.1) is 23.7 Å². The van der Waals surface area contributed by atoms with E-state index in [2.05, 4.69) is 31.3 Å². The highest BCUT2D eigenvalue weighted by molar-refractivity contribution is 5.58. The molecule has 1 fully saturated rings. The molecule has 0 aliphatic heterocycles. The van der Waals surface area contributed by atoms with Gasteiger partial charge in [0, 0.05) is 6.54 Å². The first kappa shape index (κ1) is 11.0. The quantitative estimate of drug-likeness (QED) is 0.836. The van der Waals surface area contributed by atoms with Gasteiger partial charge in [-0.15, -0.1) is 0 Å². The van der Waals surface area contributed by atoms with Gasteiger partial charge in [0.25, 0.3) is 0 Å². The van der Waals surface area contributed by atoms with Crippen molar-refractivity contribution in [1.82, 2.24) is 0 Å². The van der Waals surface area contributed by atoms with E-state index in [0.29, 0.717) is 5.41 Å². The number of anilines is 1. The fourth-order valence-electron chi connectivity index (χ4n) is 2.17. The van der Waals surface area contributed by atoms with Crippen LogP contribution in [0.3, 0.4) is 0 Å². The molecular formula is C14H18N2. The van der Waals surface area contributed by atoms with E-state index in [1.807, 2.05) is 12.1 Å². The molecule has 0 spiro atoms. The van der Waals surface area contributed by atoms with E-state index in [1.165, 1.54) is 24.8 Å². The Labute approximate surface area is 97.3 Å². The van der Waals surface area contributed by atoms with E-state index in [4.69, 9.17) is 5.26 Å². The standard InChI is InChI=1S/C14H18N2/c1-11-4-5-12(9-15)13(8-11)16-10-14(2)6-3-7-14/h4-5,8,16H,3,6-7,10H2,1-2H3. The van der Waals surface area contributed by atoms with Crippen LogP contribution in [0.15, 0.2) is 18.2 Å². The summed E-state index contributed by atoms with van der Waals surface area (Å²) in [5.41, 5.74) is 3.36. The van der Waals surface area contributed by atoms with Gasteiger partial charge >= 0.3 is 0 Å². The summed E-state index contributed by atoms with van der Waals surface area (Å²) in [6, 6.07) is 8.16. The summed E-state index contributed by atoms with van der Waals surface area (Å²) < 4.78 is 0. The minimum absolute atomic E-state index is 0.441. The van der Waals surface area contributed by atoms with Crippen LogP contribution in [-0.4, -0.2) is 6.54 Å². The molecule has 0 radical (unpaired) electrons. The maximum atomic E-state index is 9.02. The summed E-state index contributed by atoms with van der Waals surface area (Å²) >= 11 is 0. The van der Waals surface area contributed by atoms with Crippen LogP contribution in [0.1, 0.15) is 37.3 Å². The molecule has 0 saturated heterocycles. The minimum Gasteiger partial charge on any atom is -0.383 e. The number of nitrogens with one attached hydrogen (secondary N) is 1. The van der Waals surface area contributed by atoms with E-state index in [-0.39, 0.29) is 0 Å². The number of aryl methyl sites for hydroxylation is 1. The molecule has 0 aromatic heterocycles. The smallest absolute Gasteiger partial charge is 0.101 e. The lowest BCUT2D eigenvalue weighted by Gasteiger charge is -2.38. The molecule has 84 valence electrons. The Kier molecular flexibility index (Phi) is 2.87. The second-order valence-corrected chi connectivity index (χ2v) is 5.18. The topological polar surface area (TPSA) is 35.8 Å². The van der Waals surface area contributed by atoms with Gasteiger partial charge in [-0.3, -0.25) is 0 Å². The molecule has 0 bridgehead atoms. The zero-order valence-corrected chi connectivity index (χ0v) is 10.0. The highest BCUT2D eigenvalue weighted by Crippen LogP contribution is 2.40. The Morgan fingerprint density at radius 3 is 2.75 bits per heavy atom. The van der Waals surface area contributed by atoms with E-state index >= 15 is 0 Å². The molecule has 1 saturated carbocycles. The fraction of sp³-hybridized carbons (Fsp3) is 0.500. The summed E-state index contributed by atoms with van der Waals surface area (Å²) in [5.74, 6) is 0. The van der Waals surface area contributed by atoms with Gasteiger partial charge in [-0.2, -0.15) is 5.26 Å². The maximum absolute atomic E-state index is 9.02. The molecular weight excluding hydrogens is 196 g/mol. The third-order valence-corrected chi connectivity index (χ3v) is 3.56. The monoisotopic (exact) mass is 214 g/mol. The fourth-order valence-corrected chi connectivity index (χ4v) is 2.17. The molecule has 0 unspecified atom stereocenters. The zero-order valence-electron chi connectivity index (χ0n) is 10.0. The second kappa shape index (κ2) is 4.17. The predicted octanol–water partition coefficient (Wildman–Crippen LogP) is 3.47.